The van der Waals surface area contributed by atoms with Crippen molar-refractivity contribution in [2.75, 3.05) is 27.2 Å². The van der Waals surface area contributed by atoms with Gasteiger partial charge in [0, 0.05) is 12.6 Å². The summed E-state index contributed by atoms with van der Waals surface area (Å²) in [5.41, 5.74) is 8.88. The zero-order valence-corrected chi connectivity index (χ0v) is 12.5. The van der Waals surface area contributed by atoms with Crippen molar-refractivity contribution >= 4 is 0 Å². The third kappa shape index (κ3) is 2.77. The van der Waals surface area contributed by atoms with Crippen molar-refractivity contribution in [3.63, 3.8) is 0 Å². The van der Waals surface area contributed by atoms with E-state index in [9.17, 15) is 0 Å². The van der Waals surface area contributed by atoms with E-state index in [-0.39, 0.29) is 0 Å². The van der Waals surface area contributed by atoms with Gasteiger partial charge in [-0.25, -0.2) is 0 Å². The Morgan fingerprint density at radius 2 is 2.16 bits per heavy atom. The van der Waals surface area contributed by atoms with E-state index < -0.39 is 0 Å². The second-order valence-electron chi connectivity index (χ2n) is 5.88. The number of fused-ring (bicyclic) bond motifs is 1. The fourth-order valence-corrected chi connectivity index (χ4v) is 3.20. The van der Waals surface area contributed by atoms with Crippen LogP contribution in [-0.4, -0.2) is 32.1 Å². The molecule has 0 saturated heterocycles. The van der Waals surface area contributed by atoms with Gasteiger partial charge in [-0.05, 0) is 55.1 Å². The van der Waals surface area contributed by atoms with Gasteiger partial charge in [0.2, 0.25) is 0 Å². The second-order valence-corrected chi connectivity index (χ2v) is 5.88. The van der Waals surface area contributed by atoms with Gasteiger partial charge < -0.3 is 10.5 Å². The van der Waals surface area contributed by atoms with Crippen LogP contribution in [0.2, 0.25) is 0 Å². The first-order chi connectivity index (χ1) is 9.08. The molecule has 0 bridgehead atoms. The van der Waals surface area contributed by atoms with Crippen LogP contribution < -0.4 is 10.5 Å². The van der Waals surface area contributed by atoms with Gasteiger partial charge >= 0.3 is 0 Å². The maximum atomic E-state index is 6.04. The Kier molecular flexibility index (Phi) is 4.48. The van der Waals surface area contributed by atoms with Crippen LogP contribution in [0.5, 0.6) is 5.75 Å². The van der Waals surface area contributed by atoms with Crippen LogP contribution in [0.15, 0.2) is 18.2 Å². The summed E-state index contributed by atoms with van der Waals surface area (Å²) in [6, 6.07) is 6.88. The average Bonchev–Trinajstić information content (AvgIpc) is 2.41. The Balaban J connectivity index is 2.43. The van der Waals surface area contributed by atoms with Gasteiger partial charge in [0.15, 0.2) is 0 Å². The summed E-state index contributed by atoms with van der Waals surface area (Å²) in [4.78, 5) is 2.44. The number of likely N-dealkylation sites (N-methyl/N-ethyl adjacent to an activating group) is 1. The molecule has 0 saturated carbocycles. The molecule has 0 radical (unpaired) electrons. The number of hydrogen-bond donors (Lipinski definition) is 1. The molecule has 2 unspecified atom stereocenters. The van der Waals surface area contributed by atoms with Gasteiger partial charge in [0.05, 0.1) is 7.11 Å². The molecule has 0 aliphatic carbocycles. The minimum atomic E-state index is 0.406. The minimum absolute atomic E-state index is 0.406. The Hall–Kier alpha value is -1.06. The lowest BCUT2D eigenvalue weighted by Crippen LogP contribution is -2.41. The number of benzene rings is 1. The molecule has 2 rings (SSSR count). The molecular formula is C16H26N2O. The van der Waals surface area contributed by atoms with Gasteiger partial charge in [-0.3, -0.25) is 4.90 Å². The molecule has 3 heteroatoms. The third-order valence-electron chi connectivity index (χ3n) is 4.41. The standard InChI is InChI=1S/C16H26N2O/c1-11(2)15(10-17)16-14-9-13(19-4)6-5-12(14)7-8-18(16)3/h5-6,9,11,15-16H,7-8,10,17H2,1-4H3. The van der Waals surface area contributed by atoms with Gasteiger partial charge in [-0.1, -0.05) is 19.9 Å². The number of hydrogen-bond acceptors (Lipinski definition) is 3. The van der Waals surface area contributed by atoms with E-state index >= 15 is 0 Å². The molecule has 19 heavy (non-hydrogen) atoms. The Morgan fingerprint density at radius 3 is 2.74 bits per heavy atom. The molecule has 1 aromatic rings. The summed E-state index contributed by atoms with van der Waals surface area (Å²) >= 11 is 0. The summed E-state index contributed by atoms with van der Waals surface area (Å²) < 4.78 is 5.39. The summed E-state index contributed by atoms with van der Waals surface area (Å²) in [5.74, 6) is 2.00. The van der Waals surface area contributed by atoms with Crippen LogP contribution in [0, 0.1) is 11.8 Å². The van der Waals surface area contributed by atoms with Crippen LogP contribution in [0.3, 0.4) is 0 Å². The highest BCUT2D eigenvalue weighted by molar-refractivity contribution is 5.39. The Bertz CT molecular complexity index is 431. The maximum absolute atomic E-state index is 6.04. The van der Waals surface area contributed by atoms with Gasteiger partial charge in [0.25, 0.3) is 0 Å². The van der Waals surface area contributed by atoms with Crippen molar-refractivity contribution in [2.45, 2.75) is 26.3 Å². The molecule has 2 atom stereocenters. The number of ether oxygens (including phenoxy) is 1. The first-order valence-corrected chi connectivity index (χ1v) is 7.15. The molecule has 3 nitrogen and oxygen atoms in total. The summed E-state index contributed by atoms with van der Waals surface area (Å²) in [6.45, 7) is 6.36. The summed E-state index contributed by atoms with van der Waals surface area (Å²) in [5, 5.41) is 0. The average molecular weight is 262 g/mol. The van der Waals surface area contributed by atoms with Crippen LogP contribution in [0.25, 0.3) is 0 Å². The van der Waals surface area contributed by atoms with Crippen LogP contribution in [-0.2, 0) is 6.42 Å². The zero-order valence-electron chi connectivity index (χ0n) is 12.5. The lowest BCUT2D eigenvalue weighted by atomic mass is 9.79. The first-order valence-electron chi connectivity index (χ1n) is 7.15. The van der Waals surface area contributed by atoms with E-state index in [1.807, 2.05) is 0 Å². The lowest BCUT2D eigenvalue weighted by Gasteiger charge is -2.41. The highest BCUT2D eigenvalue weighted by atomic mass is 16.5. The van der Waals surface area contributed by atoms with E-state index in [0.29, 0.717) is 17.9 Å². The van der Waals surface area contributed by atoms with E-state index in [0.717, 1.165) is 25.3 Å². The van der Waals surface area contributed by atoms with Crippen LogP contribution >= 0.6 is 0 Å². The number of nitrogens with two attached hydrogens (primary N) is 1. The number of methoxy groups -OCH3 is 1. The molecule has 0 fully saturated rings. The smallest absolute Gasteiger partial charge is 0.119 e. The molecular weight excluding hydrogens is 236 g/mol. The van der Waals surface area contributed by atoms with E-state index in [1.165, 1.54) is 11.1 Å². The summed E-state index contributed by atoms with van der Waals surface area (Å²) in [7, 11) is 3.93. The largest absolute Gasteiger partial charge is 0.497 e. The molecule has 106 valence electrons. The van der Waals surface area contributed by atoms with Gasteiger partial charge in [0.1, 0.15) is 5.75 Å². The number of rotatable bonds is 4. The van der Waals surface area contributed by atoms with Crippen LogP contribution in [0.1, 0.15) is 31.0 Å². The fourth-order valence-electron chi connectivity index (χ4n) is 3.20. The quantitative estimate of drug-likeness (QED) is 0.906. The van der Waals surface area contributed by atoms with Crippen molar-refractivity contribution in [3.8, 4) is 5.75 Å². The SMILES string of the molecule is COc1ccc2c(c1)C(C(CN)C(C)C)N(C)CC2. The van der Waals surface area contributed by atoms with Gasteiger partial charge in [-0.15, -0.1) is 0 Å². The topological polar surface area (TPSA) is 38.5 Å². The Morgan fingerprint density at radius 1 is 1.42 bits per heavy atom. The number of nitrogens with zero attached hydrogens (tertiary/aromatic N) is 1. The van der Waals surface area contributed by atoms with Crippen molar-refractivity contribution in [2.24, 2.45) is 17.6 Å². The Labute approximate surface area is 116 Å². The van der Waals surface area contributed by atoms with Gasteiger partial charge in [-0.2, -0.15) is 0 Å². The maximum Gasteiger partial charge on any atom is 0.119 e. The molecule has 1 aliphatic rings. The molecule has 2 N–H and O–H groups in total. The zero-order chi connectivity index (χ0) is 14.0. The predicted molar refractivity (Wildman–Crippen MR) is 79.5 cm³/mol. The van der Waals surface area contributed by atoms with Crippen molar-refractivity contribution in [1.82, 2.24) is 4.90 Å². The van der Waals surface area contributed by atoms with Crippen LogP contribution in [0.4, 0.5) is 0 Å². The molecule has 1 aliphatic heterocycles. The van der Waals surface area contributed by atoms with Crippen molar-refractivity contribution in [1.29, 1.82) is 0 Å². The lowest BCUT2D eigenvalue weighted by molar-refractivity contribution is 0.137. The molecule has 1 heterocycles. The van der Waals surface area contributed by atoms with E-state index in [2.05, 4.69) is 44.0 Å². The van der Waals surface area contributed by atoms with E-state index in [4.69, 9.17) is 10.5 Å². The molecule has 0 spiro atoms. The second kappa shape index (κ2) is 5.93. The predicted octanol–water partition coefficient (Wildman–Crippen LogP) is 2.46. The van der Waals surface area contributed by atoms with Crippen molar-refractivity contribution < 1.29 is 4.74 Å². The molecule has 0 amide bonds. The summed E-state index contributed by atoms with van der Waals surface area (Å²) in [6.07, 6.45) is 1.11. The molecule has 0 aromatic heterocycles. The van der Waals surface area contributed by atoms with Crippen molar-refractivity contribution in [3.05, 3.63) is 29.3 Å². The van der Waals surface area contributed by atoms with E-state index in [1.54, 1.807) is 7.11 Å². The first kappa shape index (κ1) is 14.4. The monoisotopic (exact) mass is 262 g/mol. The normalized spacial score (nSPS) is 21.3. The highest BCUT2D eigenvalue weighted by Gasteiger charge is 2.32. The highest BCUT2D eigenvalue weighted by Crippen LogP contribution is 2.38. The minimum Gasteiger partial charge on any atom is -0.497 e. The fraction of sp³-hybridized carbons (Fsp3) is 0.625. The third-order valence-corrected chi connectivity index (χ3v) is 4.41. The molecule has 1 aromatic carbocycles.